The molecule has 0 bridgehead atoms. The number of anilines is 2. The molecule has 216 valence electrons. The zero-order valence-corrected chi connectivity index (χ0v) is 23.6. The Bertz CT molecular complexity index is 1570. The van der Waals surface area contributed by atoms with Gasteiger partial charge >= 0.3 is 0 Å². The SMILES string of the molecule is C[C@@H](/C=C/CC(=O)N1Cc2ccccc2C[C@H]1CO)[C@]1(O)C(=O)N(Cc2cccc(N3CCC3=O)c2)c2ccccc21. The fraction of sp³-hybridized carbons (Fsp3) is 0.324. The van der Waals surface area contributed by atoms with Crippen molar-refractivity contribution in [3.63, 3.8) is 0 Å². The van der Waals surface area contributed by atoms with Crippen LogP contribution in [0.1, 0.15) is 42.0 Å². The minimum atomic E-state index is -1.79. The molecule has 3 amide bonds. The number of nitrogens with zero attached hydrogens (tertiary/aromatic N) is 3. The fourth-order valence-electron chi connectivity index (χ4n) is 6.32. The average molecular weight is 566 g/mol. The van der Waals surface area contributed by atoms with Gasteiger partial charge in [0, 0.05) is 43.1 Å². The Labute approximate surface area is 245 Å². The van der Waals surface area contributed by atoms with E-state index in [1.54, 1.807) is 45.9 Å². The van der Waals surface area contributed by atoms with Crippen LogP contribution in [0.25, 0.3) is 0 Å². The predicted molar refractivity (Wildman–Crippen MR) is 159 cm³/mol. The highest BCUT2D eigenvalue weighted by atomic mass is 16.3. The van der Waals surface area contributed by atoms with Gasteiger partial charge in [-0.1, -0.05) is 73.7 Å². The summed E-state index contributed by atoms with van der Waals surface area (Å²) >= 11 is 0. The largest absolute Gasteiger partial charge is 0.394 e. The number of β-lactam (4-membered cyclic amide) rings is 1. The smallest absolute Gasteiger partial charge is 0.264 e. The van der Waals surface area contributed by atoms with Crippen LogP contribution in [0.2, 0.25) is 0 Å². The van der Waals surface area contributed by atoms with Gasteiger partial charge in [0.05, 0.1) is 24.9 Å². The minimum absolute atomic E-state index is 0.0835. The van der Waals surface area contributed by atoms with E-state index in [4.69, 9.17) is 0 Å². The van der Waals surface area contributed by atoms with Crippen LogP contribution in [0.5, 0.6) is 0 Å². The Morgan fingerprint density at radius 1 is 1.05 bits per heavy atom. The molecule has 0 spiro atoms. The summed E-state index contributed by atoms with van der Waals surface area (Å²) in [4.78, 5) is 44.1. The van der Waals surface area contributed by atoms with Crippen LogP contribution in [0.4, 0.5) is 11.4 Å². The normalized spacial score (nSPS) is 22.3. The topological polar surface area (TPSA) is 101 Å². The van der Waals surface area contributed by atoms with Gasteiger partial charge in [0.2, 0.25) is 11.8 Å². The lowest BCUT2D eigenvalue weighted by Gasteiger charge is -2.36. The van der Waals surface area contributed by atoms with Gasteiger partial charge in [-0.2, -0.15) is 0 Å². The molecule has 8 heteroatoms. The quantitative estimate of drug-likeness (QED) is 0.321. The van der Waals surface area contributed by atoms with Crippen molar-refractivity contribution >= 4 is 29.1 Å². The molecular weight excluding hydrogens is 530 g/mol. The van der Waals surface area contributed by atoms with Gasteiger partial charge < -0.3 is 24.9 Å². The van der Waals surface area contributed by atoms with Crippen LogP contribution in [-0.4, -0.2) is 52.0 Å². The lowest BCUT2D eigenvalue weighted by Crippen LogP contribution is -2.46. The van der Waals surface area contributed by atoms with E-state index in [1.165, 1.54) is 0 Å². The van der Waals surface area contributed by atoms with Gasteiger partial charge in [-0.15, -0.1) is 0 Å². The number of rotatable bonds is 8. The van der Waals surface area contributed by atoms with E-state index in [-0.39, 0.29) is 37.4 Å². The Kier molecular flexibility index (Phi) is 7.43. The minimum Gasteiger partial charge on any atom is -0.394 e. The molecule has 0 saturated carbocycles. The number of hydrogen-bond acceptors (Lipinski definition) is 5. The van der Waals surface area contributed by atoms with Crippen molar-refractivity contribution in [2.45, 2.75) is 50.9 Å². The van der Waals surface area contributed by atoms with E-state index in [0.29, 0.717) is 37.2 Å². The summed E-state index contributed by atoms with van der Waals surface area (Å²) in [6.07, 6.45) is 4.70. The molecule has 3 aliphatic heterocycles. The second-order valence-electron chi connectivity index (χ2n) is 11.4. The maximum atomic E-state index is 13.9. The standard InChI is InChI=1S/C34H35N3O5/c1-23(8-6-15-31(39)36-21-26-11-3-2-10-25(26)19-28(36)22-38)34(42)29-13-4-5-14-30(29)37(33(34)41)20-24-9-7-12-27(18-24)35-17-16-32(35)40/h2-14,18,23,28,38,42H,15-17,19-22H2,1H3/b8-6+/t23-,28-,34+/m0/s1. The van der Waals surface area contributed by atoms with Crippen LogP contribution in [-0.2, 0) is 39.5 Å². The molecule has 8 nitrogen and oxygen atoms in total. The third-order valence-corrected chi connectivity index (χ3v) is 8.85. The van der Waals surface area contributed by atoms with Crippen LogP contribution in [0.3, 0.4) is 0 Å². The Hall–Kier alpha value is -4.27. The summed E-state index contributed by atoms with van der Waals surface area (Å²) in [7, 11) is 0. The first-order valence-electron chi connectivity index (χ1n) is 14.5. The highest BCUT2D eigenvalue weighted by Gasteiger charge is 2.52. The molecule has 0 aromatic heterocycles. The van der Waals surface area contributed by atoms with E-state index in [9.17, 15) is 24.6 Å². The van der Waals surface area contributed by atoms with Crippen molar-refractivity contribution in [1.29, 1.82) is 0 Å². The second-order valence-corrected chi connectivity index (χ2v) is 11.4. The van der Waals surface area contributed by atoms with Crippen LogP contribution in [0, 0.1) is 5.92 Å². The van der Waals surface area contributed by atoms with Gasteiger partial charge in [-0.3, -0.25) is 14.4 Å². The van der Waals surface area contributed by atoms with Crippen molar-refractivity contribution in [3.8, 4) is 0 Å². The first kappa shape index (κ1) is 27.9. The second kappa shape index (κ2) is 11.2. The molecule has 0 aliphatic carbocycles. The van der Waals surface area contributed by atoms with Crippen LogP contribution < -0.4 is 9.80 Å². The van der Waals surface area contributed by atoms with Gasteiger partial charge in [0.1, 0.15) is 0 Å². The van der Waals surface area contributed by atoms with Gasteiger partial charge in [0.25, 0.3) is 5.91 Å². The van der Waals surface area contributed by atoms with E-state index < -0.39 is 17.4 Å². The monoisotopic (exact) mass is 565 g/mol. The number of fused-ring (bicyclic) bond motifs is 2. The molecule has 1 fully saturated rings. The summed E-state index contributed by atoms with van der Waals surface area (Å²) in [5.41, 5.74) is 3.27. The van der Waals surface area contributed by atoms with Crippen molar-refractivity contribution in [1.82, 2.24) is 4.90 Å². The molecule has 0 unspecified atom stereocenters. The summed E-state index contributed by atoms with van der Waals surface area (Å²) in [5.74, 6) is -1.06. The number of benzene rings is 3. The maximum absolute atomic E-state index is 13.9. The number of amides is 3. The van der Waals surface area contributed by atoms with Crippen molar-refractivity contribution < 1.29 is 24.6 Å². The summed E-state index contributed by atoms with van der Waals surface area (Å²) in [5, 5.41) is 21.9. The van der Waals surface area contributed by atoms with E-state index in [2.05, 4.69) is 0 Å². The van der Waals surface area contributed by atoms with Gasteiger partial charge in [0.15, 0.2) is 5.60 Å². The summed E-state index contributed by atoms with van der Waals surface area (Å²) in [6.45, 7) is 3.05. The molecule has 0 radical (unpaired) electrons. The Morgan fingerprint density at radius 2 is 1.81 bits per heavy atom. The van der Waals surface area contributed by atoms with Crippen molar-refractivity contribution in [3.05, 3.63) is 107 Å². The summed E-state index contributed by atoms with van der Waals surface area (Å²) < 4.78 is 0. The number of aliphatic hydroxyl groups is 2. The molecule has 3 aliphatic rings. The fourth-order valence-corrected chi connectivity index (χ4v) is 6.32. The molecular formula is C34H35N3O5. The van der Waals surface area contributed by atoms with Gasteiger partial charge in [-0.25, -0.2) is 0 Å². The molecule has 3 aromatic rings. The number of hydrogen-bond donors (Lipinski definition) is 2. The Balaban J connectivity index is 1.18. The maximum Gasteiger partial charge on any atom is 0.264 e. The van der Waals surface area contributed by atoms with E-state index >= 15 is 0 Å². The third kappa shape index (κ3) is 4.80. The van der Waals surface area contributed by atoms with Crippen LogP contribution >= 0.6 is 0 Å². The zero-order valence-electron chi connectivity index (χ0n) is 23.6. The average Bonchev–Trinajstić information content (AvgIpc) is 3.22. The van der Waals surface area contributed by atoms with Gasteiger partial charge in [-0.05, 0) is 41.3 Å². The van der Waals surface area contributed by atoms with Crippen LogP contribution in [0.15, 0.2) is 84.9 Å². The highest BCUT2D eigenvalue weighted by Crippen LogP contribution is 2.45. The Morgan fingerprint density at radius 3 is 2.55 bits per heavy atom. The molecule has 1 saturated heterocycles. The van der Waals surface area contributed by atoms with Crippen molar-refractivity contribution in [2.24, 2.45) is 5.92 Å². The lowest BCUT2D eigenvalue weighted by atomic mass is 9.83. The molecule has 42 heavy (non-hydrogen) atoms. The van der Waals surface area contributed by atoms with E-state index in [1.807, 2.05) is 60.7 Å². The molecule has 3 atom stereocenters. The molecule has 3 heterocycles. The number of aliphatic hydroxyl groups excluding tert-OH is 1. The molecule has 6 rings (SSSR count). The molecule has 3 aromatic carbocycles. The predicted octanol–water partition coefficient (Wildman–Crippen LogP) is 3.69. The van der Waals surface area contributed by atoms with E-state index in [0.717, 1.165) is 22.4 Å². The first-order valence-corrected chi connectivity index (χ1v) is 14.5. The summed E-state index contributed by atoms with van der Waals surface area (Å²) in [6, 6.07) is 22.5. The first-order chi connectivity index (χ1) is 20.3. The number of para-hydroxylation sites is 1. The number of carbonyl (C=O) groups excluding carboxylic acids is 3. The molecule has 2 N–H and O–H groups in total. The third-order valence-electron chi connectivity index (χ3n) is 8.85. The van der Waals surface area contributed by atoms with Crippen molar-refractivity contribution in [2.75, 3.05) is 23.0 Å². The zero-order chi connectivity index (χ0) is 29.4. The number of carbonyl (C=O) groups is 3. The highest BCUT2D eigenvalue weighted by molar-refractivity contribution is 6.07. The lowest BCUT2D eigenvalue weighted by molar-refractivity contribution is -0.139.